The van der Waals surface area contributed by atoms with Crippen LogP contribution in [0.2, 0.25) is 0 Å². The first-order chi connectivity index (χ1) is 5.40. The van der Waals surface area contributed by atoms with E-state index < -0.39 is 0 Å². The van der Waals surface area contributed by atoms with Crippen LogP contribution >= 0.6 is 0 Å². The number of fused-ring (bicyclic) bond motifs is 3. The van der Waals surface area contributed by atoms with Crippen molar-refractivity contribution in [1.82, 2.24) is 4.90 Å². The molecular formula is C7H12N4. The van der Waals surface area contributed by atoms with Crippen molar-refractivity contribution in [2.75, 3.05) is 13.1 Å². The monoisotopic (exact) mass is 152 g/mol. The Kier molecular flexibility index (Phi) is 1.72. The minimum atomic E-state index is 0.174. The van der Waals surface area contributed by atoms with Crippen LogP contribution in [0.4, 0.5) is 0 Å². The second kappa shape index (κ2) is 2.72. The lowest BCUT2D eigenvalue weighted by atomic mass is 9.86. The quantitative estimate of drug-likeness (QED) is 0.321. The van der Waals surface area contributed by atoms with Crippen LogP contribution in [-0.4, -0.2) is 24.2 Å². The Morgan fingerprint density at radius 2 is 2.09 bits per heavy atom. The first kappa shape index (κ1) is 6.95. The molecule has 0 spiro atoms. The fraction of sp³-hybridized carbons (Fsp3) is 1.00. The van der Waals surface area contributed by atoms with Crippen molar-refractivity contribution < 1.29 is 0 Å². The van der Waals surface area contributed by atoms with Gasteiger partial charge < -0.3 is 0 Å². The van der Waals surface area contributed by atoms with Gasteiger partial charge in [0.2, 0.25) is 0 Å². The van der Waals surface area contributed by atoms with Crippen molar-refractivity contribution in [3.63, 3.8) is 0 Å². The molecule has 1 atom stereocenters. The van der Waals surface area contributed by atoms with Gasteiger partial charge in [0, 0.05) is 4.91 Å². The summed E-state index contributed by atoms with van der Waals surface area (Å²) < 4.78 is 0. The van der Waals surface area contributed by atoms with Crippen molar-refractivity contribution in [3.8, 4) is 0 Å². The Bertz CT molecular complexity index is 189. The topological polar surface area (TPSA) is 52.0 Å². The maximum absolute atomic E-state index is 8.28. The molecule has 3 aliphatic rings. The minimum Gasteiger partial charge on any atom is -0.295 e. The molecule has 3 rings (SSSR count). The maximum atomic E-state index is 8.28. The van der Waals surface area contributed by atoms with Gasteiger partial charge in [-0.3, -0.25) is 4.90 Å². The Labute approximate surface area is 65.8 Å². The number of azide groups is 1. The van der Waals surface area contributed by atoms with Crippen LogP contribution in [0.5, 0.6) is 0 Å². The number of nitrogens with zero attached hydrogens (tertiary/aromatic N) is 4. The van der Waals surface area contributed by atoms with Crippen LogP contribution in [0.25, 0.3) is 10.4 Å². The Hall–Kier alpha value is -0.730. The van der Waals surface area contributed by atoms with Gasteiger partial charge in [-0.2, -0.15) is 0 Å². The molecule has 0 aromatic rings. The largest absolute Gasteiger partial charge is 0.295 e. The molecular weight excluding hydrogens is 140 g/mol. The van der Waals surface area contributed by atoms with E-state index in [0.717, 1.165) is 25.4 Å². The molecule has 0 aliphatic carbocycles. The molecule has 0 aromatic carbocycles. The van der Waals surface area contributed by atoms with E-state index in [-0.39, 0.29) is 6.17 Å². The zero-order chi connectivity index (χ0) is 7.68. The van der Waals surface area contributed by atoms with Crippen molar-refractivity contribution in [2.45, 2.75) is 25.4 Å². The first-order valence-electron chi connectivity index (χ1n) is 4.18. The second-order valence-electron chi connectivity index (χ2n) is 3.40. The lowest BCUT2D eigenvalue weighted by Crippen LogP contribution is -2.47. The van der Waals surface area contributed by atoms with Crippen LogP contribution in [-0.2, 0) is 0 Å². The highest BCUT2D eigenvalue weighted by atomic mass is 15.3. The summed E-state index contributed by atoms with van der Waals surface area (Å²) in [6, 6.07) is 0. The van der Waals surface area contributed by atoms with Gasteiger partial charge in [-0.25, -0.2) is 0 Å². The van der Waals surface area contributed by atoms with Gasteiger partial charge in [-0.1, -0.05) is 5.11 Å². The predicted octanol–water partition coefficient (Wildman–Crippen LogP) is 1.74. The fourth-order valence-corrected chi connectivity index (χ4v) is 2.11. The van der Waals surface area contributed by atoms with Crippen molar-refractivity contribution in [1.29, 1.82) is 0 Å². The Morgan fingerprint density at radius 1 is 1.36 bits per heavy atom. The molecule has 4 nitrogen and oxygen atoms in total. The van der Waals surface area contributed by atoms with Crippen molar-refractivity contribution in [2.24, 2.45) is 11.0 Å². The first-order valence-corrected chi connectivity index (χ1v) is 4.18. The van der Waals surface area contributed by atoms with Crippen LogP contribution in [0, 0.1) is 5.92 Å². The zero-order valence-corrected chi connectivity index (χ0v) is 6.48. The molecule has 0 saturated carbocycles. The summed E-state index contributed by atoms with van der Waals surface area (Å²) in [5, 5.41) is 3.77. The summed E-state index contributed by atoms with van der Waals surface area (Å²) in [5.41, 5.74) is 8.28. The van der Waals surface area contributed by atoms with Gasteiger partial charge in [-0.15, -0.1) is 0 Å². The Morgan fingerprint density at radius 3 is 2.55 bits per heavy atom. The van der Waals surface area contributed by atoms with Crippen molar-refractivity contribution in [3.05, 3.63) is 10.4 Å². The van der Waals surface area contributed by atoms with Crippen LogP contribution < -0.4 is 0 Å². The number of hydrogen-bond acceptors (Lipinski definition) is 2. The van der Waals surface area contributed by atoms with Gasteiger partial charge in [-0.05, 0) is 43.8 Å². The molecule has 0 N–H and O–H groups in total. The molecule has 3 saturated heterocycles. The van der Waals surface area contributed by atoms with E-state index in [0.29, 0.717) is 0 Å². The van der Waals surface area contributed by atoms with Crippen LogP contribution in [0.1, 0.15) is 19.3 Å². The molecule has 11 heavy (non-hydrogen) atoms. The van der Waals surface area contributed by atoms with E-state index in [9.17, 15) is 0 Å². The second-order valence-corrected chi connectivity index (χ2v) is 3.40. The summed E-state index contributed by atoms with van der Waals surface area (Å²) in [7, 11) is 0. The number of hydrogen-bond donors (Lipinski definition) is 0. The third kappa shape index (κ3) is 1.19. The molecule has 0 radical (unpaired) electrons. The predicted molar refractivity (Wildman–Crippen MR) is 41.8 cm³/mol. The van der Waals surface area contributed by atoms with Gasteiger partial charge >= 0.3 is 0 Å². The molecule has 1 unspecified atom stereocenters. The van der Waals surface area contributed by atoms with Gasteiger partial charge in [0.25, 0.3) is 0 Å². The SMILES string of the molecule is [N-]=[N+]=NC1CC2CCN1CC2. The summed E-state index contributed by atoms with van der Waals surface area (Å²) in [6.07, 6.45) is 3.87. The third-order valence-corrected chi connectivity index (χ3v) is 2.80. The van der Waals surface area contributed by atoms with Crippen LogP contribution in [0.3, 0.4) is 0 Å². The summed E-state index contributed by atoms with van der Waals surface area (Å²) in [4.78, 5) is 5.15. The normalized spacial score (nSPS) is 41.6. The average Bonchev–Trinajstić information content (AvgIpc) is 2.07. The van der Waals surface area contributed by atoms with E-state index in [1.54, 1.807) is 0 Å². The lowest BCUT2D eigenvalue weighted by molar-refractivity contribution is 0.0533. The molecule has 3 heterocycles. The summed E-state index contributed by atoms with van der Waals surface area (Å²) in [5.74, 6) is 0.829. The van der Waals surface area contributed by atoms with E-state index in [1.165, 1.54) is 12.8 Å². The zero-order valence-electron chi connectivity index (χ0n) is 6.48. The third-order valence-electron chi connectivity index (χ3n) is 2.80. The summed E-state index contributed by atoms with van der Waals surface area (Å²) in [6.45, 7) is 2.27. The highest BCUT2D eigenvalue weighted by Crippen LogP contribution is 2.32. The van der Waals surface area contributed by atoms with Gasteiger partial charge in [0.15, 0.2) is 0 Å². The van der Waals surface area contributed by atoms with E-state index in [2.05, 4.69) is 14.9 Å². The highest BCUT2D eigenvalue weighted by molar-refractivity contribution is 4.86. The van der Waals surface area contributed by atoms with E-state index >= 15 is 0 Å². The van der Waals surface area contributed by atoms with E-state index in [1.807, 2.05) is 0 Å². The highest BCUT2D eigenvalue weighted by Gasteiger charge is 2.32. The van der Waals surface area contributed by atoms with Gasteiger partial charge in [0.1, 0.15) is 0 Å². The maximum Gasteiger partial charge on any atom is 0.0889 e. The van der Waals surface area contributed by atoms with Crippen molar-refractivity contribution >= 4 is 0 Å². The van der Waals surface area contributed by atoms with Crippen LogP contribution in [0.15, 0.2) is 5.11 Å². The minimum absolute atomic E-state index is 0.174. The molecule has 0 aromatic heterocycles. The molecule has 2 bridgehead atoms. The standard InChI is InChI=1S/C7H12N4/c8-10-9-7-5-6-1-3-11(7)4-2-6/h6-7H,1-5H2. The number of piperidine rings is 3. The molecule has 4 heteroatoms. The van der Waals surface area contributed by atoms with E-state index in [4.69, 9.17) is 5.53 Å². The molecule has 3 aliphatic heterocycles. The lowest BCUT2D eigenvalue weighted by Gasteiger charge is -2.43. The fourth-order valence-electron chi connectivity index (χ4n) is 2.11. The molecule has 0 amide bonds. The van der Waals surface area contributed by atoms with Gasteiger partial charge in [0.05, 0.1) is 6.17 Å². The number of rotatable bonds is 1. The summed E-state index contributed by atoms with van der Waals surface area (Å²) >= 11 is 0. The average molecular weight is 152 g/mol. The molecule has 60 valence electrons. The smallest absolute Gasteiger partial charge is 0.0889 e. The molecule has 3 fully saturated rings. The Balaban J connectivity index is 2.08.